The van der Waals surface area contributed by atoms with Crippen LogP contribution in [0.25, 0.3) is 0 Å². The van der Waals surface area contributed by atoms with Gasteiger partial charge in [-0.15, -0.1) is 0 Å². The van der Waals surface area contributed by atoms with Crippen LogP contribution in [0.3, 0.4) is 0 Å². The number of amides is 1. The molecule has 1 aromatic heterocycles. The molecule has 29 heavy (non-hydrogen) atoms. The Bertz CT molecular complexity index is 1070. The van der Waals surface area contributed by atoms with E-state index in [9.17, 15) is 13.2 Å². The summed E-state index contributed by atoms with van der Waals surface area (Å²) < 4.78 is 32.7. The number of carbonyl (C=O) groups excluding carboxylic acids is 1. The van der Waals surface area contributed by atoms with Crippen molar-refractivity contribution in [3.8, 4) is 5.75 Å². The maximum Gasteiger partial charge on any atom is 0.251 e. The van der Waals surface area contributed by atoms with Crippen LogP contribution in [0.2, 0.25) is 0 Å². The van der Waals surface area contributed by atoms with Gasteiger partial charge >= 0.3 is 0 Å². The minimum absolute atomic E-state index is 0.0783. The van der Waals surface area contributed by atoms with E-state index in [4.69, 9.17) is 4.74 Å². The van der Waals surface area contributed by atoms with Crippen molar-refractivity contribution in [3.05, 3.63) is 89.7 Å². The lowest BCUT2D eigenvalue weighted by Crippen LogP contribution is -2.24. The number of rotatable bonds is 8. The fraction of sp³-hybridized carbons (Fsp3) is 0.143. The van der Waals surface area contributed by atoms with E-state index in [0.29, 0.717) is 12.1 Å². The van der Waals surface area contributed by atoms with Gasteiger partial charge in [-0.3, -0.25) is 9.78 Å². The molecule has 0 spiro atoms. The summed E-state index contributed by atoms with van der Waals surface area (Å²) in [5.41, 5.74) is 2.18. The van der Waals surface area contributed by atoms with Crippen molar-refractivity contribution in [1.29, 1.82) is 0 Å². The number of methoxy groups -OCH3 is 1. The Morgan fingerprint density at radius 3 is 2.28 bits per heavy atom. The average Bonchev–Trinajstić information content (AvgIpc) is 2.77. The Morgan fingerprint density at radius 2 is 1.59 bits per heavy atom. The van der Waals surface area contributed by atoms with E-state index in [2.05, 4.69) is 15.0 Å². The highest BCUT2D eigenvalue weighted by molar-refractivity contribution is 7.89. The van der Waals surface area contributed by atoms with E-state index in [-0.39, 0.29) is 23.1 Å². The summed E-state index contributed by atoms with van der Waals surface area (Å²) in [7, 11) is -2.30. The van der Waals surface area contributed by atoms with Crippen molar-refractivity contribution in [2.24, 2.45) is 0 Å². The summed E-state index contributed by atoms with van der Waals surface area (Å²) >= 11 is 0. The normalized spacial score (nSPS) is 11.1. The third-order valence-corrected chi connectivity index (χ3v) is 5.68. The third kappa shape index (κ3) is 5.40. The molecule has 150 valence electrons. The van der Waals surface area contributed by atoms with Gasteiger partial charge in [0, 0.05) is 31.0 Å². The van der Waals surface area contributed by atoms with Gasteiger partial charge < -0.3 is 10.1 Å². The SMILES string of the molecule is COc1ccccc1S(=O)(=O)NCc1ccc(C(=O)NCc2ccncc2)cc1. The number of carbonyl (C=O) groups is 1. The molecule has 2 N–H and O–H groups in total. The van der Waals surface area contributed by atoms with Gasteiger partial charge in [0.15, 0.2) is 0 Å². The Balaban J connectivity index is 1.59. The molecule has 0 saturated heterocycles. The lowest BCUT2D eigenvalue weighted by atomic mass is 10.1. The van der Waals surface area contributed by atoms with Gasteiger partial charge in [-0.2, -0.15) is 0 Å². The summed E-state index contributed by atoms with van der Waals surface area (Å²) in [4.78, 5) is 16.3. The highest BCUT2D eigenvalue weighted by Crippen LogP contribution is 2.22. The summed E-state index contributed by atoms with van der Waals surface area (Å²) in [6.45, 7) is 0.501. The van der Waals surface area contributed by atoms with Crippen molar-refractivity contribution in [1.82, 2.24) is 15.0 Å². The molecule has 0 unspecified atom stereocenters. The third-order valence-electron chi connectivity index (χ3n) is 4.24. The summed E-state index contributed by atoms with van der Waals surface area (Å²) in [6.07, 6.45) is 3.34. The van der Waals surface area contributed by atoms with Crippen LogP contribution >= 0.6 is 0 Å². The van der Waals surface area contributed by atoms with Crippen molar-refractivity contribution in [3.63, 3.8) is 0 Å². The van der Waals surface area contributed by atoms with E-state index in [1.54, 1.807) is 54.9 Å². The van der Waals surface area contributed by atoms with E-state index in [1.165, 1.54) is 13.2 Å². The first kappa shape index (κ1) is 20.5. The first-order chi connectivity index (χ1) is 14.0. The molecule has 0 aliphatic heterocycles. The zero-order valence-corrected chi connectivity index (χ0v) is 16.6. The van der Waals surface area contributed by atoms with Crippen molar-refractivity contribution >= 4 is 15.9 Å². The smallest absolute Gasteiger partial charge is 0.251 e. The minimum Gasteiger partial charge on any atom is -0.495 e. The lowest BCUT2D eigenvalue weighted by Gasteiger charge is -2.11. The van der Waals surface area contributed by atoms with Gasteiger partial charge in [0.2, 0.25) is 10.0 Å². The first-order valence-corrected chi connectivity index (χ1v) is 10.4. The predicted octanol–water partition coefficient (Wildman–Crippen LogP) is 2.50. The largest absolute Gasteiger partial charge is 0.495 e. The van der Waals surface area contributed by atoms with Crippen molar-refractivity contribution < 1.29 is 17.9 Å². The molecule has 8 heteroatoms. The topological polar surface area (TPSA) is 97.4 Å². The standard InChI is InChI=1S/C21H21N3O4S/c1-28-19-4-2-3-5-20(19)29(26,27)24-15-16-6-8-18(9-7-16)21(25)23-14-17-10-12-22-13-11-17/h2-13,24H,14-15H2,1H3,(H,23,25). The maximum atomic E-state index is 12.5. The molecule has 1 amide bonds. The van der Waals surface area contributed by atoms with Gasteiger partial charge in [-0.25, -0.2) is 13.1 Å². The number of hydrogen-bond acceptors (Lipinski definition) is 5. The Hall–Kier alpha value is -3.23. The zero-order valence-electron chi connectivity index (χ0n) is 15.8. The number of nitrogens with zero attached hydrogens (tertiary/aromatic N) is 1. The summed E-state index contributed by atoms with van der Waals surface area (Å²) in [6, 6.07) is 16.8. The number of pyridine rings is 1. The van der Waals surface area contributed by atoms with E-state index < -0.39 is 10.0 Å². The molecular formula is C21H21N3O4S. The van der Waals surface area contributed by atoms with Crippen molar-refractivity contribution in [2.75, 3.05) is 7.11 Å². The van der Waals surface area contributed by atoms with E-state index in [1.807, 2.05) is 12.1 Å². The molecule has 0 aliphatic carbocycles. The van der Waals surface area contributed by atoms with Gasteiger partial charge in [0.05, 0.1) is 7.11 Å². The van der Waals surface area contributed by atoms with Gasteiger partial charge in [0.1, 0.15) is 10.6 Å². The van der Waals surface area contributed by atoms with Crippen molar-refractivity contribution in [2.45, 2.75) is 18.0 Å². The number of sulfonamides is 1. The number of para-hydroxylation sites is 1. The fourth-order valence-electron chi connectivity index (χ4n) is 2.66. The second kappa shape index (κ2) is 9.31. The van der Waals surface area contributed by atoms with Gasteiger partial charge in [0.25, 0.3) is 5.91 Å². The van der Waals surface area contributed by atoms with Crippen LogP contribution < -0.4 is 14.8 Å². The Kier molecular flexibility index (Phi) is 6.58. The lowest BCUT2D eigenvalue weighted by molar-refractivity contribution is 0.0951. The molecule has 3 aromatic rings. The van der Waals surface area contributed by atoms with Crippen LogP contribution in [0.15, 0.2) is 78.0 Å². The Labute approximate surface area is 169 Å². The molecular weight excluding hydrogens is 390 g/mol. The average molecular weight is 411 g/mol. The fourth-order valence-corrected chi connectivity index (χ4v) is 3.84. The second-order valence-corrected chi connectivity index (χ2v) is 7.95. The predicted molar refractivity (Wildman–Crippen MR) is 109 cm³/mol. The maximum absolute atomic E-state index is 12.5. The number of aromatic nitrogens is 1. The quantitative estimate of drug-likeness (QED) is 0.594. The Morgan fingerprint density at radius 1 is 0.931 bits per heavy atom. The van der Waals surface area contributed by atoms with E-state index >= 15 is 0 Å². The number of hydrogen-bond donors (Lipinski definition) is 2. The molecule has 0 radical (unpaired) electrons. The molecule has 1 heterocycles. The molecule has 2 aromatic carbocycles. The van der Waals surface area contributed by atoms with Crippen LogP contribution in [-0.2, 0) is 23.1 Å². The minimum atomic E-state index is -3.73. The van der Waals surface area contributed by atoms with Gasteiger partial charge in [-0.1, -0.05) is 24.3 Å². The van der Waals surface area contributed by atoms with Crippen LogP contribution in [-0.4, -0.2) is 26.4 Å². The van der Waals surface area contributed by atoms with Crippen LogP contribution in [0.4, 0.5) is 0 Å². The monoisotopic (exact) mass is 411 g/mol. The molecule has 7 nitrogen and oxygen atoms in total. The molecule has 0 saturated carbocycles. The first-order valence-electron chi connectivity index (χ1n) is 8.88. The summed E-state index contributed by atoms with van der Waals surface area (Å²) in [5.74, 6) is 0.0733. The van der Waals surface area contributed by atoms with Gasteiger partial charge in [-0.05, 0) is 47.5 Å². The van der Waals surface area contributed by atoms with Crippen LogP contribution in [0, 0.1) is 0 Å². The molecule has 0 aliphatic rings. The molecule has 0 atom stereocenters. The summed E-state index contributed by atoms with van der Waals surface area (Å²) in [5, 5.41) is 2.83. The zero-order chi connectivity index (χ0) is 20.7. The number of benzene rings is 2. The van der Waals surface area contributed by atoms with Crippen LogP contribution in [0.5, 0.6) is 5.75 Å². The molecule has 0 fully saturated rings. The molecule has 3 rings (SSSR count). The number of nitrogens with one attached hydrogen (secondary N) is 2. The number of ether oxygens (including phenoxy) is 1. The molecule has 0 bridgehead atoms. The highest BCUT2D eigenvalue weighted by atomic mass is 32.2. The van der Waals surface area contributed by atoms with E-state index in [0.717, 1.165) is 11.1 Å². The second-order valence-electron chi connectivity index (χ2n) is 6.21. The highest BCUT2D eigenvalue weighted by Gasteiger charge is 2.18. The van der Waals surface area contributed by atoms with Crippen LogP contribution in [0.1, 0.15) is 21.5 Å².